The molecule has 0 spiro atoms. The molecule has 0 bridgehead atoms. The number of ether oxygens (including phenoxy) is 3. The monoisotopic (exact) mass is 503 g/mol. The molecule has 1 atom stereocenters. The molecule has 1 aliphatic rings. The zero-order chi connectivity index (χ0) is 27.9. The summed E-state index contributed by atoms with van der Waals surface area (Å²) in [5, 5.41) is 4.34. The molecule has 1 amide bonds. The Hall–Kier alpha value is -4.22. The molecule has 190 valence electrons. The Labute approximate surface area is 208 Å². The number of hydrogen-bond donors (Lipinski definition) is 1. The van der Waals surface area contributed by atoms with Gasteiger partial charge in [0.15, 0.2) is 28.9 Å². The van der Waals surface area contributed by atoms with Crippen LogP contribution in [0.3, 0.4) is 0 Å². The predicted octanol–water partition coefficient (Wildman–Crippen LogP) is 3.05. The predicted molar refractivity (Wildman–Crippen MR) is 126 cm³/mol. The number of ketones is 1. The van der Waals surface area contributed by atoms with E-state index in [0.29, 0.717) is 13.0 Å². The number of hydrogen-bond acceptors (Lipinski definition) is 8. The van der Waals surface area contributed by atoms with E-state index in [1.54, 1.807) is 0 Å². The van der Waals surface area contributed by atoms with Crippen molar-refractivity contribution >= 4 is 28.4 Å². The van der Waals surface area contributed by atoms with E-state index < -0.39 is 47.2 Å². The average Bonchev–Trinajstić information content (AvgIpc) is 3.49. The molecule has 0 unspecified atom stereocenters. The number of nitrogens with two attached hydrogens (primary N) is 1. The van der Waals surface area contributed by atoms with Crippen LogP contribution in [0, 0.1) is 11.6 Å². The number of rotatable bonds is 8. The standard InChI is InChI=1S/C24H25F2N5O5/c1-5-18(33)30-7-6-13(10-30)31-22-14(12(2)32)9-28-23(27)19(22)24(29-31)36-11-15-20(25)16(34-3)8-17(35-4)21(15)26/h5,8-9,13H,1,6-7,10-11H2,2-4H3,(H2,27,28)/t13-/m0/s1/i11D2. The first-order valence-corrected chi connectivity index (χ1v) is 10.8. The second-order valence-electron chi connectivity index (χ2n) is 8.01. The van der Waals surface area contributed by atoms with Crippen molar-refractivity contribution in [3.05, 3.63) is 47.7 Å². The van der Waals surface area contributed by atoms with E-state index in [1.807, 2.05) is 0 Å². The van der Waals surface area contributed by atoms with Crippen molar-refractivity contribution in [1.29, 1.82) is 0 Å². The van der Waals surface area contributed by atoms with Crippen LogP contribution in [0.2, 0.25) is 0 Å². The molecule has 10 nitrogen and oxygen atoms in total. The minimum atomic E-state index is -3.15. The summed E-state index contributed by atoms with van der Waals surface area (Å²) < 4.78 is 63.9. The minimum Gasteiger partial charge on any atom is -0.494 e. The second-order valence-corrected chi connectivity index (χ2v) is 8.01. The summed E-state index contributed by atoms with van der Waals surface area (Å²) in [6, 6.07) is 0.487. The van der Waals surface area contributed by atoms with Gasteiger partial charge in [0.25, 0.3) is 0 Å². The molecule has 2 aromatic heterocycles. The third kappa shape index (κ3) is 4.18. The lowest BCUT2D eigenvalue weighted by Gasteiger charge is -2.15. The van der Waals surface area contributed by atoms with Crippen LogP contribution in [0.5, 0.6) is 17.4 Å². The number of benzene rings is 1. The number of Topliss-reactive ketones (excluding diaryl/α,β-unsaturated/α-hetero) is 1. The summed E-state index contributed by atoms with van der Waals surface area (Å²) in [6.45, 7) is 2.23. The highest BCUT2D eigenvalue weighted by Crippen LogP contribution is 2.37. The summed E-state index contributed by atoms with van der Waals surface area (Å²) in [6.07, 6.45) is 2.88. The Morgan fingerprint density at radius 2 is 1.97 bits per heavy atom. The largest absolute Gasteiger partial charge is 0.494 e. The van der Waals surface area contributed by atoms with Crippen LogP contribution in [-0.2, 0) is 11.4 Å². The van der Waals surface area contributed by atoms with Crippen LogP contribution in [0.15, 0.2) is 24.9 Å². The lowest BCUT2D eigenvalue weighted by Crippen LogP contribution is -2.27. The summed E-state index contributed by atoms with van der Waals surface area (Å²) in [5.41, 5.74) is 5.29. The summed E-state index contributed by atoms with van der Waals surface area (Å²) in [7, 11) is 2.26. The zero-order valence-corrected chi connectivity index (χ0v) is 19.8. The smallest absolute Gasteiger partial charge is 0.246 e. The van der Waals surface area contributed by atoms with Crippen LogP contribution in [0.1, 0.15) is 38.0 Å². The Bertz CT molecular complexity index is 1430. The van der Waals surface area contributed by atoms with Crippen molar-refractivity contribution in [3.8, 4) is 17.4 Å². The number of likely N-dealkylation sites (tertiary alicyclic amines) is 1. The van der Waals surface area contributed by atoms with Gasteiger partial charge in [-0.25, -0.2) is 13.8 Å². The van der Waals surface area contributed by atoms with Gasteiger partial charge >= 0.3 is 0 Å². The third-order valence-electron chi connectivity index (χ3n) is 5.92. The Morgan fingerprint density at radius 1 is 1.31 bits per heavy atom. The first-order valence-electron chi connectivity index (χ1n) is 11.8. The van der Waals surface area contributed by atoms with E-state index >= 15 is 8.78 Å². The molecule has 3 aromatic rings. The van der Waals surface area contributed by atoms with Gasteiger partial charge in [-0.1, -0.05) is 6.58 Å². The molecule has 0 radical (unpaired) electrons. The van der Waals surface area contributed by atoms with Gasteiger partial charge < -0.3 is 24.8 Å². The van der Waals surface area contributed by atoms with Crippen molar-refractivity contribution in [1.82, 2.24) is 19.7 Å². The van der Waals surface area contributed by atoms with Gasteiger partial charge in [0.05, 0.1) is 39.6 Å². The molecule has 4 rings (SSSR count). The number of pyridine rings is 1. The van der Waals surface area contributed by atoms with Gasteiger partial charge in [-0.15, -0.1) is 5.10 Å². The van der Waals surface area contributed by atoms with Crippen LogP contribution in [0.25, 0.3) is 10.9 Å². The van der Waals surface area contributed by atoms with Crippen LogP contribution >= 0.6 is 0 Å². The van der Waals surface area contributed by atoms with E-state index in [2.05, 4.69) is 16.7 Å². The fourth-order valence-electron chi connectivity index (χ4n) is 4.10. The number of nitrogens with zero attached hydrogens (tertiary/aromatic N) is 4. The number of nitrogen functional groups attached to an aromatic ring is 1. The summed E-state index contributed by atoms with van der Waals surface area (Å²) >= 11 is 0. The number of amides is 1. The number of methoxy groups -OCH3 is 2. The van der Waals surface area contributed by atoms with Crippen molar-refractivity contribution in [3.63, 3.8) is 0 Å². The number of halogens is 2. The van der Waals surface area contributed by atoms with Gasteiger partial charge in [-0.2, -0.15) is 0 Å². The van der Waals surface area contributed by atoms with Crippen LogP contribution in [-0.4, -0.2) is 58.7 Å². The van der Waals surface area contributed by atoms with Gasteiger partial charge in [0.2, 0.25) is 11.8 Å². The van der Waals surface area contributed by atoms with Crippen molar-refractivity contribution in [2.24, 2.45) is 0 Å². The van der Waals surface area contributed by atoms with Gasteiger partial charge in [0, 0.05) is 25.4 Å². The average molecular weight is 504 g/mol. The number of fused-ring (bicyclic) bond motifs is 1. The van der Waals surface area contributed by atoms with Gasteiger partial charge in [-0.3, -0.25) is 14.3 Å². The Kier molecular flexibility index (Phi) is 6.06. The lowest BCUT2D eigenvalue weighted by molar-refractivity contribution is -0.125. The summed E-state index contributed by atoms with van der Waals surface area (Å²) in [5.74, 6) is -4.91. The van der Waals surface area contributed by atoms with Crippen molar-refractivity contribution < 1.29 is 35.3 Å². The van der Waals surface area contributed by atoms with Crippen molar-refractivity contribution in [2.75, 3.05) is 33.0 Å². The minimum absolute atomic E-state index is 0.0225. The first kappa shape index (κ1) is 22.3. The molecule has 2 N–H and O–H groups in total. The van der Waals surface area contributed by atoms with E-state index in [-0.39, 0.29) is 40.5 Å². The Balaban J connectivity index is 1.89. The molecule has 1 saturated heterocycles. The van der Waals surface area contributed by atoms with E-state index in [9.17, 15) is 9.59 Å². The highest BCUT2D eigenvalue weighted by atomic mass is 19.1. The number of carbonyl (C=O) groups excluding carboxylic acids is 2. The van der Waals surface area contributed by atoms with Gasteiger partial charge in [-0.05, 0) is 19.4 Å². The van der Waals surface area contributed by atoms with Crippen molar-refractivity contribution in [2.45, 2.75) is 25.9 Å². The third-order valence-corrected chi connectivity index (χ3v) is 5.92. The molecule has 0 saturated carbocycles. The molecule has 36 heavy (non-hydrogen) atoms. The maximum absolute atomic E-state index is 15.1. The summed E-state index contributed by atoms with van der Waals surface area (Å²) in [4.78, 5) is 30.1. The SMILES string of the molecule is [2H]C([2H])(Oc1nn([C@H]2CCN(C(=O)C=C)C2)c2c(C(C)=O)cnc(N)c12)c1c(F)c(OC)cc(OC)c1F. The molecular formula is C24H25F2N5O5. The highest BCUT2D eigenvalue weighted by Gasteiger charge is 2.31. The maximum atomic E-state index is 15.1. The molecule has 1 fully saturated rings. The number of carbonyl (C=O) groups is 2. The van der Waals surface area contributed by atoms with E-state index in [0.717, 1.165) is 20.3 Å². The molecule has 3 heterocycles. The number of aromatic nitrogens is 3. The van der Waals surface area contributed by atoms with E-state index in [4.69, 9.17) is 22.7 Å². The number of anilines is 1. The quantitative estimate of drug-likeness (QED) is 0.368. The Morgan fingerprint density at radius 3 is 2.56 bits per heavy atom. The normalized spacial score (nSPS) is 16.5. The highest BCUT2D eigenvalue weighted by molar-refractivity contribution is 6.09. The lowest BCUT2D eigenvalue weighted by atomic mass is 10.1. The molecule has 1 aromatic carbocycles. The maximum Gasteiger partial charge on any atom is 0.246 e. The molecule has 12 heteroatoms. The molecule has 1 aliphatic heterocycles. The molecular weight excluding hydrogens is 476 g/mol. The van der Waals surface area contributed by atoms with Gasteiger partial charge in [0.1, 0.15) is 17.8 Å². The second kappa shape index (κ2) is 9.80. The molecule has 0 aliphatic carbocycles. The first-order chi connectivity index (χ1) is 17.9. The zero-order valence-electron chi connectivity index (χ0n) is 21.8. The van der Waals surface area contributed by atoms with E-state index in [1.165, 1.54) is 28.8 Å². The van der Waals surface area contributed by atoms with Crippen LogP contribution in [0.4, 0.5) is 14.6 Å². The van der Waals surface area contributed by atoms with Crippen LogP contribution < -0.4 is 19.9 Å². The topological polar surface area (TPSA) is 122 Å². The fraction of sp³-hybridized carbons (Fsp3) is 0.333. The fourth-order valence-corrected chi connectivity index (χ4v) is 4.10.